The van der Waals surface area contributed by atoms with E-state index in [0.29, 0.717) is 6.42 Å². The number of amides is 1. The normalized spacial score (nSPS) is 13.5. The number of carbonyl (C=O) groups is 1. The summed E-state index contributed by atoms with van der Waals surface area (Å²) in [4.78, 5) is 16.0. The van der Waals surface area contributed by atoms with E-state index in [9.17, 15) is 4.79 Å². The van der Waals surface area contributed by atoms with Crippen LogP contribution in [0.5, 0.6) is 0 Å². The van der Waals surface area contributed by atoms with Gasteiger partial charge in [-0.25, -0.2) is 4.98 Å². The fraction of sp³-hybridized carbons (Fsp3) is 0.636. The zero-order valence-electron chi connectivity index (χ0n) is 9.99. The van der Waals surface area contributed by atoms with Crippen molar-refractivity contribution in [2.75, 3.05) is 0 Å². The van der Waals surface area contributed by atoms with Crippen molar-refractivity contribution in [1.82, 2.24) is 10.3 Å². The van der Waals surface area contributed by atoms with E-state index >= 15 is 0 Å². The zero-order valence-corrected chi connectivity index (χ0v) is 10.8. The lowest BCUT2D eigenvalue weighted by molar-refractivity contribution is -0.124. The molecule has 0 radical (unpaired) electrons. The van der Waals surface area contributed by atoms with Crippen LogP contribution in [0.25, 0.3) is 0 Å². The second-order valence-corrected chi connectivity index (χ2v) is 5.24. The minimum Gasteiger partial charge on any atom is -0.343 e. The topological polar surface area (TPSA) is 68.0 Å². The molecule has 1 rings (SSSR count). The second-order valence-electron chi connectivity index (χ2n) is 4.35. The molecule has 0 fully saturated rings. The highest BCUT2D eigenvalue weighted by Gasteiger charge is 2.27. The lowest BCUT2D eigenvalue weighted by Crippen LogP contribution is -2.48. The number of nitrogens with zero attached hydrogens (tertiary/aromatic N) is 1. The van der Waals surface area contributed by atoms with Crippen molar-refractivity contribution in [2.45, 2.75) is 45.2 Å². The lowest BCUT2D eigenvalue weighted by atomic mass is 10.1. The number of carbonyl (C=O) groups excluding carboxylic acids is 1. The molecule has 0 aliphatic heterocycles. The van der Waals surface area contributed by atoms with Gasteiger partial charge in [-0.3, -0.25) is 4.79 Å². The van der Waals surface area contributed by atoms with Crippen molar-refractivity contribution in [3.05, 3.63) is 16.6 Å². The van der Waals surface area contributed by atoms with E-state index in [4.69, 9.17) is 5.73 Å². The second kappa shape index (κ2) is 5.41. The summed E-state index contributed by atoms with van der Waals surface area (Å²) in [5.41, 5.74) is 5.31. The van der Waals surface area contributed by atoms with Crippen molar-refractivity contribution in [3.8, 4) is 0 Å². The molecule has 5 heteroatoms. The molecule has 0 spiro atoms. The summed E-state index contributed by atoms with van der Waals surface area (Å²) in [5.74, 6) is -0.109. The molecule has 1 aromatic heterocycles. The quantitative estimate of drug-likeness (QED) is 0.823. The molecule has 1 amide bonds. The van der Waals surface area contributed by atoms with Gasteiger partial charge >= 0.3 is 0 Å². The average molecular weight is 241 g/mol. The van der Waals surface area contributed by atoms with E-state index < -0.39 is 11.6 Å². The minimum absolute atomic E-state index is 0.109. The highest BCUT2D eigenvalue weighted by atomic mass is 32.1. The molecule has 0 saturated carbocycles. The molecule has 0 aromatic carbocycles. The molecule has 4 nitrogen and oxygen atoms in total. The van der Waals surface area contributed by atoms with Crippen LogP contribution < -0.4 is 11.1 Å². The van der Waals surface area contributed by atoms with Gasteiger partial charge in [0.05, 0.1) is 11.6 Å². The third-order valence-electron chi connectivity index (χ3n) is 2.34. The van der Waals surface area contributed by atoms with Gasteiger partial charge in [-0.05, 0) is 20.3 Å². The molecule has 0 unspecified atom stereocenters. The highest BCUT2D eigenvalue weighted by Crippen LogP contribution is 2.21. The largest absolute Gasteiger partial charge is 0.343 e. The Labute approximate surface area is 100 Å². The summed E-state index contributed by atoms with van der Waals surface area (Å²) in [6.07, 6.45) is 3.35. The van der Waals surface area contributed by atoms with Gasteiger partial charge in [0.1, 0.15) is 5.01 Å². The molecule has 3 N–H and O–H groups in total. The number of thiazole rings is 1. The molecule has 16 heavy (non-hydrogen) atoms. The average Bonchev–Trinajstić information content (AvgIpc) is 2.70. The molecule has 90 valence electrons. The van der Waals surface area contributed by atoms with Gasteiger partial charge in [-0.1, -0.05) is 13.3 Å². The number of rotatable bonds is 5. The molecular weight excluding hydrogens is 222 g/mol. The van der Waals surface area contributed by atoms with Crippen LogP contribution >= 0.6 is 11.3 Å². The van der Waals surface area contributed by atoms with Crippen LogP contribution in [-0.4, -0.2) is 16.9 Å². The molecule has 0 bridgehead atoms. The Morgan fingerprint density at radius 3 is 2.88 bits per heavy atom. The minimum atomic E-state index is -0.448. The van der Waals surface area contributed by atoms with Crippen LogP contribution in [0.1, 0.15) is 38.6 Å². The van der Waals surface area contributed by atoms with Gasteiger partial charge < -0.3 is 11.1 Å². The van der Waals surface area contributed by atoms with Gasteiger partial charge in [0.25, 0.3) is 0 Å². The first-order valence-corrected chi connectivity index (χ1v) is 6.33. The van der Waals surface area contributed by atoms with Crippen LogP contribution in [0.15, 0.2) is 11.6 Å². The summed E-state index contributed by atoms with van der Waals surface area (Å²) < 4.78 is 0. The van der Waals surface area contributed by atoms with Gasteiger partial charge in [-0.15, -0.1) is 11.3 Å². The number of hydrogen-bond donors (Lipinski definition) is 2. The summed E-state index contributed by atoms with van der Waals surface area (Å²) in [5, 5.41) is 5.72. The van der Waals surface area contributed by atoms with E-state index in [0.717, 1.165) is 11.4 Å². The highest BCUT2D eigenvalue weighted by molar-refractivity contribution is 7.09. The molecule has 0 saturated heterocycles. The first-order chi connectivity index (χ1) is 7.47. The van der Waals surface area contributed by atoms with Crippen LogP contribution in [0.3, 0.4) is 0 Å². The Bertz CT molecular complexity index is 335. The maximum absolute atomic E-state index is 11.8. The number of aromatic nitrogens is 1. The number of nitrogens with two attached hydrogens (primary N) is 1. The number of nitrogens with one attached hydrogen (secondary N) is 1. The third-order valence-corrected chi connectivity index (χ3v) is 3.44. The Morgan fingerprint density at radius 2 is 2.38 bits per heavy atom. The van der Waals surface area contributed by atoms with E-state index in [-0.39, 0.29) is 5.91 Å². The fourth-order valence-corrected chi connectivity index (χ4v) is 2.15. The van der Waals surface area contributed by atoms with Crippen LogP contribution in [0, 0.1) is 0 Å². The summed E-state index contributed by atoms with van der Waals surface area (Å²) in [6.45, 7) is 5.88. The molecule has 1 aromatic rings. The van der Waals surface area contributed by atoms with Crippen molar-refractivity contribution >= 4 is 17.2 Å². The third kappa shape index (κ3) is 3.28. The van der Waals surface area contributed by atoms with Crippen molar-refractivity contribution in [1.29, 1.82) is 0 Å². The van der Waals surface area contributed by atoms with Crippen molar-refractivity contribution in [3.63, 3.8) is 0 Å². The van der Waals surface area contributed by atoms with E-state index in [1.54, 1.807) is 6.20 Å². The van der Waals surface area contributed by atoms with Crippen molar-refractivity contribution in [2.24, 2.45) is 5.73 Å². The Hall–Kier alpha value is -0.940. The smallest absolute Gasteiger partial charge is 0.237 e. The lowest BCUT2D eigenvalue weighted by Gasteiger charge is -2.25. The first-order valence-electron chi connectivity index (χ1n) is 5.45. The van der Waals surface area contributed by atoms with Gasteiger partial charge in [0, 0.05) is 11.6 Å². The van der Waals surface area contributed by atoms with E-state index in [1.165, 1.54) is 11.3 Å². The van der Waals surface area contributed by atoms with E-state index in [1.807, 2.05) is 26.2 Å². The predicted octanol–water partition coefficient (Wildman–Crippen LogP) is 1.62. The Kier molecular flexibility index (Phi) is 4.44. The first kappa shape index (κ1) is 13.1. The maximum atomic E-state index is 11.8. The number of hydrogen-bond acceptors (Lipinski definition) is 4. The fourth-order valence-electron chi connectivity index (χ4n) is 1.43. The van der Waals surface area contributed by atoms with Crippen molar-refractivity contribution < 1.29 is 4.79 Å². The predicted molar refractivity (Wildman–Crippen MR) is 66.2 cm³/mol. The monoisotopic (exact) mass is 241 g/mol. The van der Waals surface area contributed by atoms with Gasteiger partial charge in [0.15, 0.2) is 0 Å². The van der Waals surface area contributed by atoms with Gasteiger partial charge in [0.2, 0.25) is 5.91 Å². The summed E-state index contributed by atoms with van der Waals surface area (Å²) in [7, 11) is 0. The standard InChI is InChI=1S/C11H19N3OS/c1-4-5-8(12)9(15)14-11(2,3)10-13-6-7-16-10/h6-8H,4-5,12H2,1-3H3,(H,14,15)/t8-/m0/s1. The molecule has 0 aliphatic carbocycles. The molecule has 1 heterocycles. The summed E-state index contributed by atoms with van der Waals surface area (Å²) in [6, 6.07) is -0.427. The maximum Gasteiger partial charge on any atom is 0.237 e. The Morgan fingerprint density at radius 1 is 1.69 bits per heavy atom. The van der Waals surface area contributed by atoms with Crippen LogP contribution in [0.4, 0.5) is 0 Å². The summed E-state index contributed by atoms with van der Waals surface area (Å²) >= 11 is 1.53. The SMILES string of the molecule is CCC[C@H](N)C(=O)NC(C)(C)c1nccs1. The molecule has 0 aliphatic rings. The zero-order chi connectivity index (χ0) is 12.2. The molecular formula is C11H19N3OS. The van der Waals surface area contributed by atoms with Crippen LogP contribution in [0.2, 0.25) is 0 Å². The molecule has 1 atom stereocenters. The van der Waals surface area contributed by atoms with E-state index in [2.05, 4.69) is 10.3 Å². The Balaban J connectivity index is 2.63. The van der Waals surface area contributed by atoms with Gasteiger partial charge in [-0.2, -0.15) is 0 Å². The van der Waals surface area contributed by atoms with Crippen LogP contribution in [-0.2, 0) is 10.3 Å².